The van der Waals surface area contributed by atoms with Crippen molar-refractivity contribution in [3.63, 3.8) is 0 Å². The minimum Gasteiger partial charge on any atom is -0.448 e. The summed E-state index contributed by atoms with van der Waals surface area (Å²) in [6, 6.07) is 6.01. The van der Waals surface area contributed by atoms with E-state index in [4.69, 9.17) is 5.73 Å². The third kappa shape index (κ3) is 2.89. The van der Waals surface area contributed by atoms with Crippen LogP contribution in [0.2, 0.25) is 0 Å². The minimum atomic E-state index is -0.865. The zero-order valence-electron chi connectivity index (χ0n) is 11.0. The van der Waals surface area contributed by atoms with Crippen molar-refractivity contribution in [1.82, 2.24) is 5.32 Å². The number of nitrogens with two attached hydrogens (primary N) is 1. The lowest BCUT2D eigenvalue weighted by Gasteiger charge is -2.40. The number of carbonyl (C=O) groups is 2. The molecular formula is C14H17FN2O3. The minimum absolute atomic E-state index is 0.0422. The lowest BCUT2D eigenvalue weighted by atomic mass is 9.64. The molecule has 0 atom stereocenters. The van der Waals surface area contributed by atoms with Crippen molar-refractivity contribution in [1.29, 1.82) is 0 Å². The Morgan fingerprint density at radius 2 is 1.95 bits per heavy atom. The third-order valence-electron chi connectivity index (χ3n) is 3.67. The van der Waals surface area contributed by atoms with Crippen LogP contribution in [-0.2, 0) is 14.9 Å². The number of halogens is 1. The molecule has 108 valence electrons. The van der Waals surface area contributed by atoms with E-state index in [-0.39, 0.29) is 24.9 Å². The molecule has 5 nitrogen and oxygen atoms in total. The molecule has 3 N–H and O–H groups in total. The molecule has 20 heavy (non-hydrogen) atoms. The van der Waals surface area contributed by atoms with E-state index in [2.05, 4.69) is 10.1 Å². The van der Waals surface area contributed by atoms with Crippen molar-refractivity contribution in [2.45, 2.75) is 24.7 Å². The van der Waals surface area contributed by atoms with Gasteiger partial charge in [-0.1, -0.05) is 18.6 Å². The molecule has 0 saturated heterocycles. The van der Waals surface area contributed by atoms with Crippen molar-refractivity contribution < 1.29 is 18.7 Å². The maximum atomic E-state index is 13.0. The van der Waals surface area contributed by atoms with Gasteiger partial charge in [-0.2, -0.15) is 0 Å². The fraction of sp³-hybridized carbons (Fsp3) is 0.429. The smallest absolute Gasteiger partial charge is 0.404 e. The molecule has 0 spiro atoms. The van der Waals surface area contributed by atoms with Gasteiger partial charge in [-0.05, 0) is 30.5 Å². The van der Waals surface area contributed by atoms with Crippen LogP contribution in [0.1, 0.15) is 24.8 Å². The summed E-state index contributed by atoms with van der Waals surface area (Å²) in [5.41, 5.74) is 5.06. The number of hydrogen-bond acceptors (Lipinski definition) is 3. The van der Waals surface area contributed by atoms with E-state index in [1.165, 1.54) is 12.1 Å². The number of amides is 2. The molecule has 0 aromatic heterocycles. The number of benzene rings is 1. The van der Waals surface area contributed by atoms with Gasteiger partial charge >= 0.3 is 6.09 Å². The number of ether oxygens (including phenoxy) is 1. The summed E-state index contributed by atoms with van der Waals surface area (Å²) in [5, 5.41) is 2.73. The zero-order valence-corrected chi connectivity index (χ0v) is 11.0. The van der Waals surface area contributed by atoms with Gasteiger partial charge in [0, 0.05) is 0 Å². The van der Waals surface area contributed by atoms with Gasteiger partial charge in [0.1, 0.15) is 12.4 Å². The summed E-state index contributed by atoms with van der Waals surface area (Å²) in [4.78, 5) is 22.7. The van der Waals surface area contributed by atoms with Gasteiger partial charge in [0.2, 0.25) is 5.91 Å². The van der Waals surface area contributed by atoms with E-state index in [1.54, 1.807) is 12.1 Å². The maximum Gasteiger partial charge on any atom is 0.404 e. The molecule has 1 aliphatic carbocycles. The molecule has 6 heteroatoms. The fourth-order valence-corrected chi connectivity index (χ4v) is 2.43. The first kappa shape index (κ1) is 14.3. The first-order valence-corrected chi connectivity index (χ1v) is 6.51. The Morgan fingerprint density at radius 3 is 2.45 bits per heavy atom. The highest BCUT2D eigenvalue weighted by atomic mass is 19.1. The van der Waals surface area contributed by atoms with E-state index in [0.29, 0.717) is 0 Å². The molecule has 1 aromatic rings. The molecule has 1 aliphatic rings. The SMILES string of the molecule is NC(=O)OCCNC(=O)C1(c2ccc(F)cc2)CCC1. The van der Waals surface area contributed by atoms with Crippen LogP contribution >= 0.6 is 0 Å². The Balaban J connectivity index is 1.98. The predicted molar refractivity (Wildman–Crippen MR) is 70.5 cm³/mol. The summed E-state index contributed by atoms with van der Waals surface area (Å²) < 4.78 is 17.5. The highest BCUT2D eigenvalue weighted by molar-refractivity contribution is 5.89. The van der Waals surface area contributed by atoms with Crippen molar-refractivity contribution in [3.8, 4) is 0 Å². The highest BCUT2D eigenvalue weighted by Gasteiger charge is 2.45. The first-order chi connectivity index (χ1) is 9.54. The van der Waals surface area contributed by atoms with Gasteiger partial charge in [0.25, 0.3) is 0 Å². The molecule has 0 radical (unpaired) electrons. The topological polar surface area (TPSA) is 81.4 Å². The van der Waals surface area contributed by atoms with Gasteiger partial charge < -0.3 is 15.8 Å². The van der Waals surface area contributed by atoms with Crippen LogP contribution in [0.5, 0.6) is 0 Å². The second-order valence-corrected chi connectivity index (χ2v) is 4.87. The van der Waals surface area contributed by atoms with Crippen molar-refractivity contribution in [2.24, 2.45) is 5.73 Å². The summed E-state index contributed by atoms with van der Waals surface area (Å²) in [6.07, 6.45) is 1.57. The second-order valence-electron chi connectivity index (χ2n) is 4.87. The van der Waals surface area contributed by atoms with Gasteiger partial charge in [0.15, 0.2) is 0 Å². The third-order valence-corrected chi connectivity index (χ3v) is 3.67. The summed E-state index contributed by atoms with van der Waals surface area (Å²) in [5.74, 6) is -0.443. The molecule has 1 aromatic carbocycles. The van der Waals surface area contributed by atoms with Gasteiger partial charge in [-0.15, -0.1) is 0 Å². The molecule has 2 amide bonds. The van der Waals surface area contributed by atoms with Gasteiger partial charge in [-0.25, -0.2) is 9.18 Å². The van der Waals surface area contributed by atoms with Gasteiger partial charge in [-0.3, -0.25) is 4.79 Å². The van der Waals surface area contributed by atoms with Crippen LogP contribution in [-0.4, -0.2) is 25.2 Å². The number of hydrogen-bond donors (Lipinski definition) is 2. The monoisotopic (exact) mass is 280 g/mol. The van der Waals surface area contributed by atoms with Crippen LogP contribution in [0.4, 0.5) is 9.18 Å². The summed E-state index contributed by atoms with van der Waals surface area (Å²) >= 11 is 0. The number of nitrogens with one attached hydrogen (secondary N) is 1. The molecular weight excluding hydrogens is 263 g/mol. The van der Waals surface area contributed by atoms with Crippen molar-refractivity contribution in [3.05, 3.63) is 35.6 Å². The van der Waals surface area contributed by atoms with Crippen LogP contribution in [0.25, 0.3) is 0 Å². The Morgan fingerprint density at radius 1 is 1.30 bits per heavy atom. The molecule has 0 unspecified atom stereocenters. The largest absolute Gasteiger partial charge is 0.448 e. The molecule has 2 rings (SSSR count). The van der Waals surface area contributed by atoms with Crippen molar-refractivity contribution in [2.75, 3.05) is 13.2 Å². The van der Waals surface area contributed by atoms with Crippen LogP contribution < -0.4 is 11.1 Å². The number of primary amides is 1. The Hall–Kier alpha value is -2.11. The molecule has 0 heterocycles. The maximum absolute atomic E-state index is 13.0. The van der Waals surface area contributed by atoms with Crippen LogP contribution in [0.3, 0.4) is 0 Å². The first-order valence-electron chi connectivity index (χ1n) is 6.51. The molecule has 1 fully saturated rings. The van der Waals surface area contributed by atoms with E-state index in [1.807, 2.05) is 0 Å². The number of rotatable bonds is 5. The summed E-state index contributed by atoms with van der Waals surface area (Å²) in [6.45, 7) is 0.255. The van der Waals surface area contributed by atoms with Gasteiger partial charge in [0.05, 0.1) is 12.0 Å². The van der Waals surface area contributed by atoms with E-state index in [9.17, 15) is 14.0 Å². The van der Waals surface area contributed by atoms with E-state index in [0.717, 1.165) is 24.8 Å². The lowest BCUT2D eigenvalue weighted by Crippen LogP contribution is -2.50. The quantitative estimate of drug-likeness (QED) is 0.801. The predicted octanol–water partition coefficient (Wildman–Crippen LogP) is 1.46. The Kier molecular flexibility index (Phi) is 4.22. The molecule has 0 aliphatic heterocycles. The van der Waals surface area contributed by atoms with E-state index < -0.39 is 11.5 Å². The van der Waals surface area contributed by atoms with Crippen LogP contribution in [0.15, 0.2) is 24.3 Å². The highest BCUT2D eigenvalue weighted by Crippen LogP contribution is 2.43. The molecule has 1 saturated carbocycles. The average molecular weight is 280 g/mol. The van der Waals surface area contributed by atoms with E-state index >= 15 is 0 Å². The number of carbonyl (C=O) groups excluding carboxylic acids is 2. The van der Waals surface area contributed by atoms with Crippen molar-refractivity contribution >= 4 is 12.0 Å². The molecule has 0 bridgehead atoms. The lowest BCUT2D eigenvalue weighted by molar-refractivity contribution is -0.130. The average Bonchev–Trinajstić information content (AvgIpc) is 2.35. The second kappa shape index (κ2) is 5.90. The standard InChI is InChI=1S/C14H17FN2O3/c15-11-4-2-10(3-5-11)14(6-1-7-14)12(18)17-8-9-20-13(16)19/h2-5H,1,6-9H2,(H2,16,19)(H,17,18). The Bertz CT molecular complexity index is 498. The fourth-order valence-electron chi connectivity index (χ4n) is 2.43. The summed E-state index contributed by atoms with van der Waals surface area (Å²) in [7, 11) is 0. The normalized spacial score (nSPS) is 16.1. The zero-order chi connectivity index (χ0) is 14.6. The Labute approximate surface area is 116 Å². The van der Waals surface area contributed by atoms with Crippen LogP contribution in [0, 0.1) is 5.82 Å².